The Bertz CT molecular complexity index is 1080. The summed E-state index contributed by atoms with van der Waals surface area (Å²) in [5, 5.41) is 17.6. The van der Waals surface area contributed by atoms with Crippen molar-refractivity contribution >= 4 is 11.8 Å². The summed E-state index contributed by atoms with van der Waals surface area (Å²) >= 11 is 0. The first-order valence-electron chi connectivity index (χ1n) is 10.6. The van der Waals surface area contributed by atoms with Crippen molar-refractivity contribution in [2.45, 2.75) is 31.5 Å². The highest BCUT2D eigenvalue weighted by molar-refractivity contribution is 5.97. The first kappa shape index (κ1) is 21.7. The number of nitrogens with zero attached hydrogens (tertiary/aromatic N) is 4. The van der Waals surface area contributed by atoms with Crippen molar-refractivity contribution < 1.29 is 14.7 Å². The molecule has 4 rings (SSSR count). The van der Waals surface area contributed by atoms with Crippen molar-refractivity contribution in [2.75, 3.05) is 13.1 Å². The van der Waals surface area contributed by atoms with Crippen molar-refractivity contribution in [1.29, 1.82) is 0 Å². The van der Waals surface area contributed by atoms with Crippen LogP contribution in [0.1, 0.15) is 28.0 Å². The normalized spacial score (nSPS) is 15.5. The standard InChI is InChI=1S/C23H26N6O3/c24-21(31)20(30)19(14-16-6-2-1-3-7-16)26-23(32)18-8-4-10-25-22(18)29-13-9-17(27-29)15-28-11-5-12-28/h1-4,6-10,13,19-20,30H,5,11-12,14-15H2,(H2,24,31)(H,26,32)/t19-,20-/m1/s1. The van der Waals surface area contributed by atoms with Gasteiger partial charge < -0.3 is 16.2 Å². The Kier molecular flexibility index (Phi) is 6.58. The summed E-state index contributed by atoms with van der Waals surface area (Å²) in [6.45, 7) is 2.88. The third-order valence-corrected chi connectivity index (χ3v) is 5.51. The van der Waals surface area contributed by atoms with Gasteiger partial charge >= 0.3 is 0 Å². The summed E-state index contributed by atoms with van der Waals surface area (Å²) < 4.78 is 1.57. The molecule has 1 aliphatic heterocycles. The maximum absolute atomic E-state index is 13.1. The second-order valence-corrected chi connectivity index (χ2v) is 7.87. The Balaban J connectivity index is 1.54. The number of rotatable bonds is 9. The number of hydrogen-bond acceptors (Lipinski definition) is 6. The summed E-state index contributed by atoms with van der Waals surface area (Å²) in [6, 6.07) is 13.6. The molecule has 166 valence electrons. The van der Waals surface area contributed by atoms with Gasteiger partial charge in [-0.15, -0.1) is 0 Å². The van der Waals surface area contributed by atoms with E-state index < -0.39 is 24.0 Å². The van der Waals surface area contributed by atoms with Crippen LogP contribution in [-0.4, -0.2) is 61.8 Å². The molecule has 9 heteroatoms. The summed E-state index contributed by atoms with van der Waals surface area (Å²) in [6.07, 6.45) is 3.27. The predicted molar refractivity (Wildman–Crippen MR) is 118 cm³/mol. The summed E-state index contributed by atoms with van der Waals surface area (Å²) in [4.78, 5) is 31.4. The third kappa shape index (κ3) is 5.01. The summed E-state index contributed by atoms with van der Waals surface area (Å²) in [5.41, 5.74) is 7.34. The lowest BCUT2D eigenvalue weighted by molar-refractivity contribution is -0.127. The lowest BCUT2D eigenvalue weighted by Crippen LogP contribution is -2.50. The predicted octanol–water partition coefficient (Wildman–Crippen LogP) is 0.660. The number of carbonyl (C=O) groups is 2. The molecule has 0 unspecified atom stereocenters. The Hall–Kier alpha value is -3.56. The monoisotopic (exact) mass is 434 g/mol. The largest absolute Gasteiger partial charge is 0.381 e. The molecule has 1 aromatic carbocycles. The van der Waals surface area contributed by atoms with Crippen LogP contribution in [-0.2, 0) is 17.8 Å². The fourth-order valence-electron chi connectivity index (χ4n) is 3.64. The fraction of sp³-hybridized carbons (Fsp3) is 0.304. The molecule has 0 aliphatic carbocycles. The smallest absolute Gasteiger partial charge is 0.255 e. The van der Waals surface area contributed by atoms with E-state index in [1.54, 1.807) is 29.2 Å². The van der Waals surface area contributed by atoms with E-state index in [4.69, 9.17) is 5.73 Å². The Morgan fingerprint density at radius 2 is 1.91 bits per heavy atom. The van der Waals surface area contributed by atoms with Crippen LogP contribution in [0.4, 0.5) is 0 Å². The van der Waals surface area contributed by atoms with E-state index in [2.05, 4.69) is 20.3 Å². The number of likely N-dealkylation sites (tertiary alicyclic amines) is 1. The van der Waals surface area contributed by atoms with Gasteiger partial charge in [-0.3, -0.25) is 14.5 Å². The molecular weight excluding hydrogens is 408 g/mol. The van der Waals surface area contributed by atoms with E-state index >= 15 is 0 Å². The van der Waals surface area contributed by atoms with Crippen molar-refractivity contribution in [3.8, 4) is 5.82 Å². The van der Waals surface area contributed by atoms with Gasteiger partial charge in [0, 0.05) is 18.9 Å². The molecule has 1 saturated heterocycles. The van der Waals surface area contributed by atoms with Gasteiger partial charge in [0.1, 0.15) is 0 Å². The zero-order chi connectivity index (χ0) is 22.5. The van der Waals surface area contributed by atoms with E-state index in [-0.39, 0.29) is 12.0 Å². The average molecular weight is 435 g/mol. The number of hydrogen-bond donors (Lipinski definition) is 3. The Morgan fingerprint density at radius 3 is 2.59 bits per heavy atom. The minimum atomic E-state index is -1.54. The second kappa shape index (κ2) is 9.71. The molecule has 3 heterocycles. The summed E-state index contributed by atoms with van der Waals surface area (Å²) in [7, 11) is 0. The molecule has 2 atom stereocenters. The van der Waals surface area contributed by atoms with Crippen LogP contribution in [0.2, 0.25) is 0 Å². The number of primary amides is 1. The molecular formula is C23H26N6O3. The maximum Gasteiger partial charge on any atom is 0.255 e. The number of aromatic nitrogens is 3. The number of nitrogens with one attached hydrogen (secondary N) is 1. The van der Waals surface area contributed by atoms with Gasteiger partial charge in [-0.25, -0.2) is 9.67 Å². The van der Waals surface area contributed by atoms with Crippen molar-refractivity contribution in [3.05, 3.63) is 77.7 Å². The number of nitrogens with two attached hydrogens (primary N) is 1. The highest BCUT2D eigenvalue weighted by atomic mass is 16.3. The SMILES string of the molecule is NC(=O)[C@H](O)[C@@H](Cc1ccccc1)NC(=O)c1cccnc1-n1ccc(CN2CCC2)n1. The van der Waals surface area contributed by atoms with E-state index in [9.17, 15) is 14.7 Å². The quantitative estimate of drug-likeness (QED) is 0.454. The lowest BCUT2D eigenvalue weighted by Gasteiger charge is -2.29. The summed E-state index contributed by atoms with van der Waals surface area (Å²) in [5.74, 6) is -1.01. The van der Waals surface area contributed by atoms with Gasteiger partial charge in [0.25, 0.3) is 5.91 Å². The molecule has 3 aromatic rings. The van der Waals surface area contributed by atoms with E-state index in [0.717, 1.165) is 30.9 Å². The van der Waals surface area contributed by atoms with E-state index in [1.165, 1.54) is 6.42 Å². The van der Waals surface area contributed by atoms with Crippen LogP contribution in [0.3, 0.4) is 0 Å². The number of amides is 2. The third-order valence-electron chi connectivity index (χ3n) is 5.51. The second-order valence-electron chi connectivity index (χ2n) is 7.87. The first-order valence-corrected chi connectivity index (χ1v) is 10.6. The topological polar surface area (TPSA) is 126 Å². The highest BCUT2D eigenvalue weighted by Crippen LogP contribution is 2.15. The van der Waals surface area contributed by atoms with E-state index in [0.29, 0.717) is 5.82 Å². The molecule has 2 aromatic heterocycles. The average Bonchev–Trinajstić information content (AvgIpc) is 3.24. The van der Waals surface area contributed by atoms with Gasteiger partial charge in [0.15, 0.2) is 11.9 Å². The van der Waals surface area contributed by atoms with Crippen LogP contribution >= 0.6 is 0 Å². The van der Waals surface area contributed by atoms with Crippen molar-refractivity contribution in [1.82, 2.24) is 25.0 Å². The number of benzene rings is 1. The van der Waals surface area contributed by atoms with Crippen LogP contribution in [0.15, 0.2) is 60.9 Å². The molecule has 0 spiro atoms. The maximum atomic E-state index is 13.1. The van der Waals surface area contributed by atoms with Gasteiger partial charge in [-0.2, -0.15) is 5.10 Å². The molecule has 0 radical (unpaired) electrons. The van der Waals surface area contributed by atoms with Gasteiger partial charge in [0.05, 0.1) is 17.3 Å². The van der Waals surface area contributed by atoms with Gasteiger partial charge in [-0.1, -0.05) is 30.3 Å². The molecule has 0 saturated carbocycles. The minimum Gasteiger partial charge on any atom is -0.381 e. The Labute approximate surface area is 185 Å². The molecule has 1 fully saturated rings. The van der Waals surface area contributed by atoms with Crippen LogP contribution < -0.4 is 11.1 Å². The van der Waals surface area contributed by atoms with Crippen LogP contribution in [0.5, 0.6) is 0 Å². The van der Waals surface area contributed by atoms with E-state index in [1.807, 2.05) is 36.4 Å². The van der Waals surface area contributed by atoms with Crippen molar-refractivity contribution in [2.24, 2.45) is 5.73 Å². The van der Waals surface area contributed by atoms with Crippen LogP contribution in [0, 0.1) is 0 Å². The first-order chi connectivity index (χ1) is 15.5. The number of carbonyl (C=O) groups excluding carboxylic acids is 2. The lowest BCUT2D eigenvalue weighted by atomic mass is 10.0. The van der Waals surface area contributed by atoms with Crippen LogP contribution in [0.25, 0.3) is 5.82 Å². The van der Waals surface area contributed by atoms with Gasteiger partial charge in [-0.05, 0) is 49.7 Å². The number of aliphatic hydroxyl groups excluding tert-OH is 1. The molecule has 9 nitrogen and oxygen atoms in total. The molecule has 32 heavy (non-hydrogen) atoms. The zero-order valence-electron chi connectivity index (χ0n) is 17.6. The number of pyridine rings is 1. The highest BCUT2D eigenvalue weighted by Gasteiger charge is 2.28. The number of aliphatic hydroxyl groups is 1. The zero-order valence-corrected chi connectivity index (χ0v) is 17.6. The van der Waals surface area contributed by atoms with Crippen molar-refractivity contribution in [3.63, 3.8) is 0 Å². The minimum absolute atomic E-state index is 0.244. The molecule has 0 bridgehead atoms. The molecule has 2 amide bonds. The Morgan fingerprint density at radius 1 is 1.12 bits per heavy atom. The van der Waals surface area contributed by atoms with Gasteiger partial charge in [0.2, 0.25) is 5.91 Å². The molecule has 4 N–H and O–H groups in total. The fourth-order valence-corrected chi connectivity index (χ4v) is 3.64. The molecule has 1 aliphatic rings.